The van der Waals surface area contributed by atoms with Gasteiger partial charge in [-0.05, 0) is 36.8 Å². The Morgan fingerprint density at radius 3 is 2.72 bits per heavy atom. The maximum absolute atomic E-state index is 12.0. The Morgan fingerprint density at radius 2 is 2.00 bits per heavy atom. The van der Waals surface area contributed by atoms with Gasteiger partial charge in [-0.2, -0.15) is 0 Å². The Hall–Kier alpha value is -1.99. The molecule has 0 spiro atoms. The van der Waals surface area contributed by atoms with E-state index in [-0.39, 0.29) is 16.9 Å². The topological polar surface area (TPSA) is 79.5 Å². The monoisotopic (exact) mass is 365 g/mol. The van der Waals surface area contributed by atoms with Crippen molar-refractivity contribution in [1.82, 2.24) is 10.6 Å². The molecular weight excluding hydrogens is 338 g/mol. The van der Waals surface area contributed by atoms with Crippen molar-refractivity contribution in [3.63, 3.8) is 0 Å². The molecule has 0 heterocycles. The minimum atomic E-state index is -0.188. The first kappa shape index (κ1) is 21.1. The molecule has 0 atom stereocenters. The van der Waals surface area contributed by atoms with E-state index in [4.69, 9.17) is 17.0 Å². The van der Waals surface area contributed by atoms with Crippen LogP contribution in [0.1, 0.15) is 49.4 Å². The molecule has 0 fully saturated rings. The van der Waals surface area contributed by atoms with Crippen molar-refractivity contribution in [2.45, 2.75) is 39.0 Å². The second-order valence-electron chi connectivity index (χ2n) is 5.64. The zero-order valence-corrected chi connectivity index (χ0v) is 15.7. The molecule has 0 saturated carbocycles. The molecule has 0 aliphatic carbocycles. The molecule has 1 rings (SSSR count). The summed E-state index contributed by atoms with van der Waals surface area (Å²) in [7, 11) is 1.58. The normalized spacial score (nSPS) is 10.2. The van der Waals surface area contributed by atoms with Crippen molar-refractivity contribution in [1.29, 1.82) is 0 Å². The predicted molar refractivity (Wildman–Crippen MR) is 104 cm³/mol. The molecule has 0 saturated heterocycles. The summed E-state index contributed by atoms with van der Waals surface area (Å²) in [4.78, 5) is 23.8. The first-order valence-electron chi connectivity index (χ1n) is 8.54. The maximum Gasteiger partial charge on any atom is 0.251 e. The standard InChI is InChI=1S/C18H27N3O3S/c1-3-4-5-6-10-16(22)21-18(25)20-15-9-7-8-14(13-15)17(23)19-11-12-24-2/h7-9,13H,3-6,10-12H2,1-2H3,(H,19,23)(H2,20,21,22,25). The van der Waals surface area contributed by atoms with E-state index in [0.29, 0.717) is 30.8 Å². The van der Waals surface area contributed by atoms with Crippen LogP contribution in [-0.4, -0.2) is 37.2 Å². The Balaban J connectivity index is 2.45. The second kappa shape index (κ2) is 12.4. The number of benzene rings is 1. The number of amides is 2. The van der Waals surface area contributed by atoms with E-state index in [2.05, 4.69) is 22.9 Å². The molecular formula is C18H27N3O3S. The fourth-order valence-electron chi connectivity index (χ4n) is 2.17. The van der Waals surface area contributed by atoms with E-state index in [1.165, 1.54) is 0 Å². The zero-order valence-electron chi connectivity index (χ0n) is 14.9. The summed E-state index contributed by atoms with van der Waals surface area (Å²) in [5.74, 6) is -0.284. The van der Waals surface area contributed by atoms with E-state index in [1.807, 2.05) is 0 Å². The molecule has 1 aromatic rings. The molecule has 0 aliphatic heterocycles. The zero-order chi connectivity index (χ0) is 18.5. The van der Waals surface area contributed by atoms with Crippen molar-refractivity contribution in [2.75, 3.05) is 25.6 Å². The average Bonchev–Trinajstić information content (AvgIpc) is 2.59. The van der Waals surface area contributed by atoms with Crippen molar-refractivity contribution in [2.24, 2.45) is 0 Å². The highest BCUT2D eigenvalue weighted by Gasteiger charge is 2.08. The number of ether oxygens (including phenoxy) is 1. The van der Waals surface area contributed by atoms with Gasteiger partial charge in [0, 0.05) is 31.3 Å². The number of carbonyl (C=O) groups excluding carboxylic acids is 2. The molecule has 7 heteroatoms. The van der Waals surface area contributed by atoms with E-state index in [9.17, 15) is 9.59 Å². The van der Waals surface area contributed by atoms with Crippen molar-refractivity contribution in [3.8, 4) is 0 Å². The van der Waals surface area contributed by atoms with Crippen LogP contribution in [0.3, 0.4) is 0 Å². The molecule has 1 aromatic carbocycles. The molecule has 3 N–H and O–H groups in total. The van der Waals surface area contributed by atoms with Crippen molar-refractivity contribution >= 4 is 34.8 Å². The summed E-state index contributed by atoms with van der Waals surface area (Å²) >= 11 is 5.15. The number of nitrogens with one attached hydrogen (secondary N) is 3. The van der Waals surface area contributed by atoms with Crippen LogP contribution in [0.25, 0.3) is 0 Å². The highest BCUT2D eigenvalue weighted by atomic mass is 32.1. The Labute approximate surface area is 154 Å². The first-order valence-corrected chi connectivity index (χ1v) is 8.95. The number of rotatable bonds is 10. The number of carbonyl (C=O) groups is 2. The summed E-state index contributed by atoms with van der Waals surface area (Å²) < 4.78 is 4.90. The van der Waals surface area contributed by atoms with Gasteiger partial charge in [0.15, 0.2) is 5.11 Å². The highest BCUT2D eigenvalue weighted by Crippen LogP contribution is 2.10. The van der Waals surface area contributed by atoms with Crippen LogP contribution in [0.2, 0.25) is 0 Å². The van der Waals surface area contributed by atoms with Gasteiger partial charge in [0.25, 0.3) is 5.91 Å². The number of anilines is 1. The van der Waals surface area contributed by atoms with Crippen LogP contribution in [0, 0.1) is 0 Å². The number of methoxy groups -OCH3 is 1. The predicted octanol–water partition coefficient (Wildman–Crippen LogP) is 2.85. The van der Waals surface area contributed by atoms with E-state index >= 15 is 0 Å². The van der Waals surface area contributed by atoms with Crippen LogP contribution in [0.4, 0.5) is 5.69 Å². The third kappa shape index (κ3) is 9.16. The number of unbranched alkanes of at least 4 members (excludes halogenated alkanes) is 3. The first-order chi connectivity index (χ1) is 12.1. The lowest BCUT2D eigenvalue weighted by atomic mass is 10.1. The summed E-state index contributed by atoms with van der Waals surface area (Å²) in [6, 6.07) is 6.93. The molecule has 138 valence electrons. The van der Waals surface area contributed by atoms with Gasteiger partial charge in [-0.25, -0.2) is 0 Å². The van der Waals surface area contributed by atoms with Gasteiger partial charge in [0.1, 0.15) is 0 Å². The minimum Gasteiger partial charge on any atom is -0.383 e. The summed E-state index contributed by atoms with van der Waals surface area (Å²) in [5.41, 5.74) is 1.16. The average molecular weight is 365 g/mol. The van der Waals surface area contributed by atoms with Gasteiger partial charge < -0.3 is 20.7 Å². The summed E-state index contributed by atoms with van der Waals surface area (Å²) in [6.07, 6.45) is 4.64. The second-order valence-corrected chi connectivity index (χ2v) is 6.05. The van der Waals surface area contributed by atoms with Gasteiger partial charge in [-0.3, -0.25) is 9.59 Å². The lowest BCUT2D eigenvalue weighted by Crippen LogP contribution is -2.34. The van der Waals surface area contributed by atoms with Crippen LogP contribution in [0.5, 0.6) is 0 Å². The fourth-order valence-corrected chi connectivity index (χ4v) is 2.40. The molecule has 0 bridgehead atoms. The van der Waals surface area contributed by atoms with Gasteiger partial charge in [-0.15, -0.1) is 0 Å². The van der Waals surface area contributed by atoms with Crippen molar-refractivity contribution < 1.29 is 14.3 Å². The molecule has 0 unspecified atom stereocenters. The van der Waals surface area contributed by atoms with Crippen LogP contribution in [-0.2, 0) is 9.53 Å². The third-order valence-corrected chi connectivity index (χ3v) is 3.69. The van der Waals surface area contributed by atoms with Gasteiger partial charge >= 0.3 is 0 Å². The van der Waals surface area contributed by atoms with Gasteiger partial charge in [0.2, 0.25) is 5.91 Å². The lowest BCUT2D eigenvalue weighted by molar-refractivity contribution is -0.119. The van der Waals surface area contributed by atoms with Crippen LogP contribution < -0.4 is 16.0 Å². The van der Waals surface area contributed by atoms with E-state index < -0.39 is 0 Å². The Kier molecular flexibility index (Phi) is 10.4. The Bertz CT molecular complexity index is 578. The fraction of sp³-hybridized carbons (Fsp3) is 0.500. The summed E-state index contributed by atoms with van der Waals surface area (Å²) in [5, 5.41) is 8.58. The quantitative estimate of drug-likeness (QED) is 0.439. The largest absolute Gasteiger partial charge is 0.383 e. The minimum absolute atomic E-state index is 0.0953. The smallest absolute Gasteiger partial charge is 0.251 e. The molecule has 0 aliphatic rings. The van der Waals surface area contributed by atoms with E-state index in [1.54, 1.807) is 31.4 Å². The van der Waals surface area contributed by atoms with Gasteiger partial charge in [-0.1, -0.05) is 32.3 Å². The molecule has 6 nitrogen and oxygen atoms in total. The van der Waals surface area contributed by atoms with E-state index in [0.717, 1.165) is 25.7 Å². The molecule has 0 aromatic heterocycles. The number of thiocarbonyl (C=S) groups is 1. The number of hydrogen-bond acceptors (Lipinski definition) is 4. The Morgan fingerprint density at radius 1 is 1.20 bits per heavy atom. The third-order valence-electron chi connectivity index (χ3n) is 3.48. The molecule has 25 heavy (non-hydrogen) atoms. The lowest BCUT2D eigenvalue weighted by Gasteiger charge is -2.11. The summed E-state index contributed by atoms with van der Waals surface area (Å²) in [6.45, 7) is 3.03. The number of hydrogen-bond donors (Lipinski definition) is 3. The van der Waals surface area contributed by atoms with Crippen LogP contribution >= 0.6 is 12.2 Å². The van der Waals surface area contributed by atoms with Crippen molar-refractivity contribution in [3.05, 3.63) is 29.8 Å². The maximum atomic E-state index is 12.0. The SMILES string of the molecule is CCCCCCC(=O)NC(=S)Nc1cccc(C(=O)NCCOC)c1. The van der Waals surface area contributed by atoms with Crippen LogP contribution in [0.15, 0.2) is 24.3 Å². The van der Waals surface area contributed by atoms with Gasteiger partial charge in [0.05, 0.1) is 6.61 Å². The molecule has 0 radical (unpaired) electrons. The molecule has 2 amide bonds. The highest BCUT2D eigenvalue weighted by molar-refractivity contribution is 7.80.